The Kier molecular flexibility index (Phi) is 2.41. The van der Waals surface area contributed by atoms with Crippen LogP contribution in [0.25, 0.3) is 0 Å². The van der Waals surface area contributed by atoms with Crippen LogP contribution in [0.5, 0.6) is 0 Å². The minimum atomic E-state index is -0.498. The molecule has 0 aliphatic carbocycles. The van der Waals surface area contributed by atoms with Crippen molar-refractivity contribution >= 4 is 11.6 Å². The first-order chi connectivity index (χ1) is 3.48. The lowest BCUT2D eigenvalue weighted by Gasteiger charge is -2.16. The average molecular weight is 136 g/mol. The third-order valence-electron chi connectivity index (χ3n) is 1.15. The van der Waals surface area contributed by atoms with E-state index in [0.717, 1.165) is 0 Å². The zero-order chi connectivity index (χ0) is 6.78. The van der Waals surface area contributed by atoms with Gasteiger partial charge in [-0.3, -0.25) is 0 Å². The summed E-state index contributed by atoms with van der Waals surface area (Å²) in [6.45, 7) is 5.22. The maximum atomic E-state index is 9.82. The lowest BCUT2D eigenvalue weighted by molar-refractivity contribution is 0.566. The normalized spacial score (nSPS) is 15.5. The van der Waals surface area contributed by atoms with Crippen molar-refractivity contribution < 1.29 is 0 Å². The van der Waals surface area contributed by atoms with Crippen molar-refractivity contribution in [2.75, 3.05) is 0 Å². The Labute approximate surface area is 54.2 Å². The van der Waals surface area contributed by atoms with Crippen LogP contribution in [0, 0.1) is 4.91 Å². The molecule has 48 valence electrons. The molecule has 1 unspecified atom stereocenters. The van der Waals surface area contributed by atoms with E-state index in [1.807, 2.05) is 0 Å². The van der Waals surface area contributed by atoms with Crippen molar-refractivity contribution in [2.24, 2.45) is 5.18 Å². The highest BCUT2D eigenvalue weighted by atomic mass is 35.5. The minimum absolute atomic E-state index is 0.316. The van der Waals surface area contributed by atoms with E-state index in [1.54, 1.807) is 20.8 Å². The molecule has 0 rings (SSSR count). The van der Waals surface area contributed by atoms with E-state index in [9.17, 15) is 4.91 Å². The Morgan fingerprint density at radius 1 is 1.62 bits per heavy atom. The van der Waals surface area contributed by atoms with Gasteiger partial charge in [0.2, 0.25) is 0 Å². The number of nitroso groups, excluding NO2 is 1. The number of hydrogen-bond donors (Lipinski definition) is 0. The lowest BCUT2D eigenvalue weighted by atomic mass is 10.1. The van der Waals surface area contributed by atoms with Gasteiger partial charge < -0.3 is 0 Å². The summed E-state index contributed by atoms with van der Waals surface area (Å²) >= 11 is 5.69. The second kappa shape index (κ2) is 2.44. The molecular formula is C5H10ClNO. The number of halogens is 1. The summed E-state index contributed by atoms with van der Waals surface area (Å²) in [7, 11) is 0. The molecule has 8 heavy (non-hydrogen) atoms. The molecule has 0 saturated heterocycles. The molecule has 0 amide bonds. The molecule has 0 aliphatic rings. The van der Waals surface area contributed by atoms with Gasteiger partial charge in [-0.1, -0.05) is 5.18 Å². The fourth-order valence-electron chi connectivity index (χ4n) is 0.125. The summed E-state index contributed by atoms with van der Waals surface area (Å²) < 4.78 is 0. The third kappa shape index (κ3) is 2.26. The monoisotopic (exact) mass is 135 g/mol. The molecule has 1 atom stereocenters. The van der Waals surface area contributed by atoms with Crippen LogP contribution in [0.4, 0.5) is 0 Å². The Morgan fingerprint density at radius 2 is 2.00 bits per heavy atom. The van der Waals surface area contributed by atoms with E-state index < -0.39 is 4.87 Å². The summed E-state index contributed by atoms with van der Waals surface area (Å²) in [5.74, 6) is 0. The molecular weight excluding hydrogens is 126 g/mol. The van der Waals surface area contributed by atoms with Gasteiger partial charge in [-0.05, 0) is 20.8 Å². The van der Waals surface area contributed by atoms with Crippen molar-refractivity contribution in [3.8, 4) is 0 Å². The summed E-state index contributed by atoms with van der Waals surface area (Å²) in [6, 6.07) is -0.316. The summed E-state index contributed by atoms with van der Waals surface area (Å²) in [5, 5.41) is 2.78. The van der Waals surface area contributed by atoms with Gasteiger partial charge in [0, 0.05) is 0 Å². The molecule has 0 aromatic rings. The fourth-order valence-corrected chi connectivity index (χ4v) is 0.165. The minimum Gasteiger partial charge on any atom is -0.150 e. The Balaban J connectivity index is 3.80. The Bertz CT molecular complexity index is 86.9. The molecule has 0 aromatic heterocycles. The number of nitrogens with zero attached hydrogens (tertiary/aromatic N) is 1. The van der Waals surface area contributed by atoms with E-state index in [2.05, 4.69) is 5.18 Å². The molecule has 0 spiro atoms. The maximum absolute atomic E-state index is 9.82. The molecule has 0 bridgehead atoms. The molecule has 0 radical (unpaired) electrons. The predicted molar refractivity (Wildman–Crippen MR) is 35.2 cm³/mol. The smallest absolute Gasteiger partial charge is 0.108 e. The lowest BCUT2D eigenvalue weighted by Crippen LogP contribution is -2.24. The van der Waals surface area contributed by atoms with Crippen LogP contribution in [-0.2, 0) is 0 Å². The summed E-state index contributed by atoms with van der Waals surface area (Å²) in [6.07, 6.45) is 0. The second-order valence-corrected chi connectivity index (χ2v) is 3.32. The largest absolute Gasteiger partial charge is 0.150 e. The van der Waals surface area contributed by atoms with Gasteiger partial charge in [-0.15, -0.1) is 11.6 Å². The average Bonchev–Trinajstić information content (AvgIpc) is 1.62. The zero-order valence-electron chi connectivity index (χ0n) is 5.31. The maximum Gasteiger partial charge on any atom is 0.108 e. The second-order valence-electron chi connectivity index (χ2n) is 2.35. The van der Waals surface area contributed by atoms with Crippen LogP contribution in [0.3, 0.4) is 0 Å². The first kappa shape index (κ1) is 7.89. The standard InChI is InChI=1S/C5H10ClNO/c1-4(7-8)5(2,3)6/h4H,1-3H3. The first-order valence-electron chi connectivity index (χ1n) is 2.50. The molecule has 0 aromatic carbocycles. The van der Waals surface area contributed by atoms with Gasteiger partial charge in [-0.2, -0.15) is 4.91 Å². The molecule has 3 heteroatoms. The van der Waals surface area contributed by atoms with Crippen LogP contribution in [-0.4, -0.2) is 10.9 Å². The summed E-state index contributed by atoms with van der Waals surface area (Å²) in [5.41, 5.74) is 0. The van der Waals surface area contributed by atoms with E-state index >= 15 is 0 Å². The van der Waals surface area contributed by atoms with E-state index in [4.69, 9.17) is 11.6 Å². The van der Waals surface area contributed by atoms with Gasteiger partial charge >= 0.3 is 0 Å². The molecule has 2 nitrogen and oxygen atoms in total. The highest BCUT2D eigenvalue weighted by molar-refractivity contribution is 6.23. The number of rotatable bonds is 2. The van der Waals surface area contributed by atoms with Crippen LogP contribution in [0.15, 0.2) is 5.18 Å². The fraction of sp³-hybridized carbons (Fsp3) is 1.00. The highest BCUT2D eigenvalue weighted by Gasteiger charge is 2.22. The van der Waals surface area contributed by atoms with E-state index in [-0.39, 0.29) is 6.04 Å². The van der Waals surface area contributed by atoms with Crippen LogP contribution >= 0.6 is 11.6 Å². The van der Waals surface area contributed by atoms with Crippen LogP contribution < -0.4 is 0 Å². The highest BCUT2D eigenvalue weighted by Crippen LogP contribution is 2.19. The van der Waals surface area contributed by atoms with Crippen molar-refractivity contribution in [1.82, 2.24) is 0 Å². The van der Waals surface area contributed by atoms with Gasteiger partial charge in [0.1, 0.15) is 6.04 Å². The topological polar surface area (TPSA) is 29.4 Å². The SMILES string of the molecule is CC(N=O)C(C)(C)Cl. The van der Waals surface area contributed by atoms with Crippen molar-refractivity contribution in [3.63, 3.8) is 0 Å². The zero-order valence-corrected chi connectivity index (χ0v) is 6.07. The summed E-state index contributed by atoms with van der Waals surface area (Å²) in [4.78, 5) is 9.32. The third-order valence-corrected chi connectivity index (χ3v) is 1.47. The predicted octanol–water partition coefficient (Wildman–Crippen LogP) is 2.16. The Hall–Kier alpha value is -0.110. The van der Waals surface area contributed by atoms with E-state index in [0.29, 0.717) is 0 Å². The van der Waals surface area contributed by atoms with Crippen LogP contribution in [0.1, 0.15) is 20.8 Å². The van der Waals surface area contributed by atoms with Gasteiger partial charge in [0.05, 0.1) is 4.87 Å². The van der Waals surface area contributed by atoms with Crippen molar-refractivity contribution in [2.45, 2.75) is 31.7 Å². The first-order valence-corrected chi connectivity index (χ1v) is 2.87. The van der Waals surface area contributed by atoms with Gasteiger partial charge in [0.15, 0.2) is 0 Å². The van der Waals surface area contributed by atoms with Gasteiger partial charge in [-0.25, -0.2) is 0 Å². The molecule has 0 saturated carbocycles. The van der Waals surface area contributed by atoms with Crippen LogP contribution in [0.2, 0.25) is 0 Å². The van der Waals surface area contributed by atoms with E-state index in [1.165, 1.54) is 0 Å². The number of hydrogen-bond acceptors (Lipinski definition) is 2. The molecule has 0 fully saturated rings. The quantitative estimate of drug-likeness (QED) is 0.422. The molecule has 0 heterocycles. The van der Waals surface area contributed by atoms with Gasteiger partial charge in [0.25, 0.3) is 0 Å². The molecule has 0 N–H and O–H groups in total. The Morgan fingerprint density at radius 3 is 2.00 bits per heavy atom. The number of alkyl halides is 1. The van der Waals surface area contributed by atoms with Crippen molar-refractivity contribution in [3.05, 3.63) is 4.91 Å². The molecule has 0 aliphatic heterocycles. The van der Waals surface area contributed by atoms with Crippen molar-refractivity contribution in [1.29, 1.82) is 0 Å².